The van der Waals surface area contributed by atoms with Crippen LogP contribution in [0.25, 0.3) is 22.2 Å². The van der Waals surface area contributed by atoms with Crippen LogP contribution in [0.2, 0.25) is 5.02 Å². The van der Waals surface area contributed by atoms with Crippen LogP contribution in [0.1, 0.15) is 19.9 Å². The van der Waals surface area contributed by atoms with Gasteiger partial charge in [0, 0.05) is 34.9 Å². The number of halogens is 1. The molecule has 0 aliphatic rings. The van der Waals surface area contributed by atoms with E-state index in [9.17, 15) is 13.2 Å². The van der Waals surface area contributed by atoms with E-state index < -0.39 is 10.0 Å². The molecule has 0 bridgehead atoms. The fourth-order valence-electron chi connectivity index (χ4n) is 3.29. The summed E-state index contributed by atoms with van der Waals surface area (Å²) in [6, 6.07) is 10.7. The van der Waals surface area contributed by atoms with Crippen LogP contribution in [0.15, 0.2) is 64.5 Å². The number of pyridine rings is 2. The quantitative estimate of drug-likeness (QED) is 0.456. The van der Waals surface area contributed by atoms with Crippen LogP contribution in [-0.2, 0) is 10.0 Å². The molecule has 32 heavy (non-hydrogen) atoms. The van der Waals surface area contributed by atoms with Gasteiger partial charge in [0.05, 0.1) is 5.02 Å². The van der Waals surface area contributed by atoms with E-state index in [1.807, 2.05) is 13.8 Å². The lowest BCUT2D eigenvalue weighted by atomic mass is 10.1. The number of benzene rings is 1. The van der Waals surface area contributed by atoms with Gasteiger partial charge in [-0.25, -0.2) is 18.4 Å². The number of nitrogens with one attached hydrogen (secondary N) is 1. The highest BCUT2D eigenvalue weighted by Crippen LogP contribution is 2.25. The maximum absolute atomic E-state index is 13.2. The lowest BCUT2D eigenvalue weighted by Gasteiger charge is -2.15. The molecule has 9 nitrogen and oxygen atoms in total. The second-order valence-electron chi connectivity index (χ2n) is 7.30. The first-order valence-corrected chi connectivity index (χ1v) is 11.4. The van der Waals surface area contributed by atoms with Crippen LogP contribution in [0.3, 0.4) is 0 Å². The highest BCUT2D eigenvalue weighted by atomic mass is 35.5. The average molecular weight is 471 g/mol. The summed E-state index contributed by atoms with van der Waals surface area (Å²) in [4.78, 5) is 25.5. The zero-order valence-electron chi connectivity index (χ0n) is 17.2. The number of nitrogen functional groups attached to an aromatic ring is 1. The fraction of sp³-hybridized carbons (Fsp3) is 0.143. The summed E-state index contributed by atoms with van der Waals surface area (Å²) in [7, 11) is -3.92. The maximum atomic E-state index is 13.2. The molecule has 3 heterocycles. The smallest absolute Gasteiger partial charge is 0.264 e. The number of nitrogens with two attached hydrogens (primary N) is 1. The Morgan fingerprint density at radius 3 is 2.50 bits per heavy atom. The van der Waals surface area contributed by atoms with Crippen molar-refractivity contribution in [2.24, 2.45) is 0 Å². The van der Waals surface area contributed by atoms with Crippen molar-refractivity contribution >= 4 is 44.4 Å². The van der Waals surface area contributed by atoms with Crippen molar-refractivity contribution in [3.05, 3.63) is 70.2 Å². The fourth-order valence-corrected chi connectivity index (χ4v) is 4.82. The van der Waals surface area contributed by atoms with Gasteiger partial charge in [-0.1, -0.05) is 23.7 Å². The van der Waals surface area contributed by atoms with Crippen LogP contribution in [0.5, 0.6) is 0 Å². The van der Waals surface area contributed by atoms with Crippen LogP contribution in [-0.4, -0.2) is 27.9 Å². The molecule has 0 amide bonds. The van der Waals surface area contributed by atoms with Gasteiger partial charge in [0.25, 0.3) is 15.6 Å². The molecule has 4 rings (SSSR count). The van der Waals surface area contributed by atoms with Gasteiger partial charge in [0.1, 0.15) is 16.4 Å². The molecule has 0 saturated heterocycles. The van der Waals surface area contributed by atoms with E-state index >= 15 is 0 Å². The largest absolute Gasteiger partial charge is 0.368 e. The molecule has 0 saturated carbocycles. The normalized spacial score (nSPS) is 11.8. The van der Waals surface area contributed by atoms with Gasteiger partial charge >= 0.3 is 0 Å². The molecule has 0 unspecified atom stereocenters. The van der Waals surface area contributed by atoms with Gasteiger partial charge in [0.15, 0.2) is 0 Å². The van der Waals surface area contributed by atoms with Crippen molar-refractivity contribution in [2.45, 2.75) is 24.8 Å². The molecule has 4 aromatic rings. The molecule has 0 radical (unpaired) electrons. The maximum Gasteiger partial charge on any atom is 0.264 e. The van der Waals surface area contributed by atoms with Gasteiger partial charge in [0.2, 0.25) is 5.95 Å². The van der Waals surface area contributed by atoms with Crippen molar-refractivity contribution < 1.29 is 8.42 Å². The lowest BCUT2D eigenvalue weighted by Crippen LogP contribution is -2.25. The molecule has 3 aromatic heterocycles. The minimum atomic E-state index is -3.92. The third-order valence-electron chi connectivity index (χ3n) is 4.75. The van der Waals surface area contributed by atoms with Gasteiger partial charge in [-0.3, -0.25) is 14.1 Å². The Kier molecular flexibility index (Phi) is 5.57. The number of hydrogen-bond acceptors (Lipinski definition) is 7. The Balaban J connectivity index is 1.74. The van der Waals surface area contributed by atoms with Crippen LogP contribution < -0.4 is 16.0 Å². The third kappa shape index (κ3) is 4.02. The number of nitrogens with zero attached hydrogens (tertiary/aromatic N) is 4. The Bertz CT molecular complexity index is 1480. The van der Waals surface area contributed by atoms with Gasteiger partial charge in [-0.15, -0.1) is 0 Å². The molecule has 164 valence electrons. The SMILES string of the molecule is CC(C)n1c(=O)c(-c2ccc(NS(=O)(=O)c3ccccc3Cl)nc2)cc2cnc(N)nc21. The topological polar surface area (TPSA) is 133 Å². The third-order valence-corrected chi connectivity index (χ3v) is 6.60. The highest BCUT2D eigenvalue weighted by Gasteiger charge is 2.19. The van der Waals surface area contributed by atoms with E-state index in [4.69, 9.17) is 17.3 Å². The summed E-state index contributed by atoms with van der Waals surface area (Å²) in [6.07, 6.45) is 2.98. The van der Waals surface area contributed by atoms with Crippen molar-refractivity contribution in [2.75, 3.05) is 10.5 Å². The first kappa shape index (κ1) is 21.7. The number of aromatic nitrogens is 4. The number of rotatable bonds is 5. The van der Waals surface area contributed by atoms with E-state index in [-0.39, 0.29) is 33.3 Å². The van der Waals surface area contributed by atoms with Gasteiger partial charge in [-0.2, -0.15) is 4.98 Å². The number of anilines is 2. The Morgan fingerprint density at radius 2 is 1.84 bits per heavy atom. The van der Waals surface area contributed by atoms with E-state index in [1.54, 1.807) is 30.5 Å². The predicted molar refractivity (Wildman–Crippen MR) is 124 cm³/mol. The van der Waals surface area contributed by atoms with Gasteiger partial charge < -0.3 is 5.73 Å². The molecule has 0 atom stereocenters. The number of sulfonamides is 1. The molecule has 3 N–H and O–H groups in total. The Morgan fingerprint density at radius 1 is 1.09 bits per heavy atom. The minimum Gasteiger partial charge on any atom is -0.368 e. The summed E-state index contributed by atoms with van der Waals surface area (Å²) < 4.78 is 29.2. The van der Waals surface area contributed by atoms with Crippen molar-refractivity contribution in [3.63, 3.8) is 0 Å². The van der Waals surface area contributed by atoms with Crippen LogP contribution >= 0.6 is 11.6 Å². The highest BCUT2D eigenvalue weighted by molar-refractivity contribution is 7.92. The van der Waals surface area contributed by atoms with Crippen LogP contribution in [0, 0.1) is 0 Å². The molecule has 0 aliphatic heterocycles. The second-order valence-corrected chi connectivity index (χ2v) is 9.36. The monoisotopic (exact) mass is 470 g/mol. The summed E-state index contributed by atoms with van der Waals surface area (Å²) in [6.45, 7) is 3.74. The molecular weight excluding hydrogens is 452 g/mol. The van der Waals surface area contributed by atoms with E-state index in [0.29, 0.717) is 22.2 Å². The Hall–Kier alpha value is -3.50. The zero-order chi connectivity index (χ0) is 23.0. The first-order valence-electron chi connectivity index (χ1n) is 9.59. The van der Waals surface area contributed by atoms with Crippen LogP contribution in [0.4, 0.5) is 11.8 Å². The van der Waals surface area contributed by atoms with E-state index in [0.717, 1.165) is 0 Å². The predicted octanol–water partition coefficient (Wildman–Crippen LogP) is 3.47. The molecule has 0 fully saturated rings. The van der Waals surface area contributed by atoms with Gasteiger partial charge in [-0.05, 0) is 44.2 Å². The van der Waals surface area contributed by atoms with Crippen molar-refractivity contribution in [1.29, 1.82) is 0 Å². The minimum absolute atomic E-state index is 0.0545. The summed E-state index contributed by atoms with van der Waals surface area (Å²) in [5.41, 5.74) is 6.77. The molecule has 11 heteroatoms. The summed E-state index contributed by atoms with van der Waals surface area (Å²) >= 11 is 6.00. The summed E-state index contributed by atoms with van der Waals surface area (Å²) in [5, 5.41) is 0.746. The summed E-state index contributed by atoms with van der Waals surface area (Å²) in [5.74, 6) is 0.172. The molecular formula is C21H19ClN6O3S. The van der Waals surface area contributed by atoms with Crippen molar-refractivity contribution in [1.82, 2.24) is 19.5 Å². The number of fused-ring (bicyclic) bond motifs is 1. The Labute approximate surface area is 189 Å². The lowest BCUT2D eigenvalue weighted by molar-refractivity contribution is 0.596. The molecule has 0 aliphatic carbocycles. The standard InChI is InChI=1S/C21H19ClN6O3S/c1-12(2)28-19-14(11-25-21(23)26-19)9-15(20(28)29)13-7-8-18(24-10-13)27-32(30,31)17-6-4-3-5-16(17)22/h3-12H,1-2H3,(H,24,27)(H2,23,25,26). The van der Waals surface area contributed by atoms with E-state index in [2.05, 4.69) is 19.7 Å². The van der Waals surface area contributed by atoms with Crippen molar-refractivity contribution in [3.8, 4) is 11.1 Å². The second kappa shape index (κ2) is 8.21. The average Bonchev–Trinajstić information content (AvgIpc) is 2.73. The first-order chi connectivity index (χ1) is 15.2. The van der Waals surface area contributed by atoms with E-state index in [1.165, 1.54) is 29.0 Å². The molecule has 0 spiro atoms. The zero-order valence-corrected chi connectivity index (χ0v) is 18.7. The molecule has 1 aromatic carbocycles. The number of hydrogen-bond donors (Lipinski definition) is 2.